The zero-order valence-corrected chi connectivity index (χ0v) is 32.4. The summed E-state index contributed by atoms with van der Waals surface area (Å²) in [5.74, 6) is -0.280. The van der Waals surface area contributed by atoms with Crippen molar-refractivity contribution in [3.05, 3.63) is 155 Å². The second-order valence-electron chi connectivity index (χ2n) is 15.0. The highest BCUT2D eigenvalue weighted by Crippen LogP contribution is 2.39. The van der Waals surface area contributed by atoms with Gasteiger partial charge in [0, 0.05) is 70.6 Å². The second-order valence-corrected chi connectivity index (χ2v) is 15.0. The highest BCUT2D eigenvalue weighted by Gasteiger charge is 2.34. The summed E-state index contributed by atoms with van der Waals surface area (Å²) in [6.07, 6.45) is 0.930. The predicted molar refractivity (Wildman–Crippen MR) is 224 cm³/mol. The number of carbonyl (C=O) groups excluding carboxylic acids is 2. The molecule has 5 aromatic rings. The lowest BCUT2D eigenvalue weighted by Crippen LogP contribution is -2.49. The monoisotopic (exact) mass is 767 g/mol. The molecule has 0 saturated carbocycles. The third-order valence-corrected chi connectivity index (χ3v) is 10.8. The molecule has 3 unspecified atom stereocenters. The molecule has 0 aliphatic carbocycles. The molecule has 57 heavy (non-hydrogen) atoms. The average Bonchev–Trinajstić information content (AvgIpc) is 3.25. The number of amides is 2. The summed E-state index contributed by atoms with van der Waals surface area (Å²) < 4.78 is 13.4. The Balaban J connectivity index is 0.957. The van der Waals surface area contributed by atoms with Gasteiger partial charge < -0.3 is 30.9 Å². The number of ether oxygens (including phenoxy) is 2. The van der Waals surface area contributed by atoms with Crippen LogP contribution in [0.2, 0.25) is 0 Å². The number of hydrogen-bond donors (Lipinski definition) is 4. The van der Waals surface area contributed by atoms with E-state index >= 15 is 0 Å². The average molecular weight is 768 g/mol. The van der Waals surface area contributed by atoms with Crippen LogP contribution in [0.15, 0.2) is 127 Å². The van der Waals surface area contributed by atoms with Gasteiger partial charge in [-0.05, 0) is 51.9 Å². The Morgan fingerprint density at radius 3 is 2.12 bits per heavy atom. The minimum absolute atomic E-state index is 0.00443. The van der Waals surface area contributed by atoms with Gasteiger partial charge in [-0.1, -0.05) is 115 Å². The smallest absolute Gasteiger partial charge is 0.224 e. The number of nitrogens with one attached hydrogen (secondary N) is 2. The standard InChI is InChI=1S/C47H53N5O5/c48-42-13-6-7-14-43(42)50-46(55)16-8-15-45(54)49-30-39-11-4-5-12-41(39)36-21-23-38(24-22-36)47-56-40(29-44(57-47)37-19-17-35(33-53)18-20-37)32-52-27-25-51(26-28-52)31-34-9-2-1-3-10-34/h1-7,9-14,17-24,40,44,47,53H,8,15-16,25-33,48H2,(H,49,54)(H,50,55). The first-order valence-corrected chi connectivity index (χ1v) is 20.0. The van der Waals surface area contributed by atoms with Gasteiger partial charge in [0.15, 0.2) is 6.29 Å². The first kappa shape index (κ1) is 39.9. The molecule has 0 aromatic heterocycles. The van der Waals surface area contributed by atoms with E-state index in [1.165, 1.54) is 5.56 Å². The van der Waals surface area contributed by atoms with Gasteiger partial charge in [0.25, 0.3) is 0 Å². The van der Waals surface area contributed by atoms with Crippen molar-refractivity contribution in [3.63, 3.8) is 0 Å². The van der Waals surface area contributed by atoms with Crippen LogP contribution < -0.4 is 16.4 Å². The van der Waals surface area contributed by atoms with Gasteiger partial charge in [0.1, 0.15) is 0 Å². The van der Waals surface area contributed by atoms with Crippen molar-refractivity contribution in [2.75, 3.05) is 43.8 Å². The van der Waals surface area contributed by atoms with Crippen LogP contribution >= 0.6 is 0 Å². The molecule has 7 rings (SSSR count). The van der Waals surface area contributed by atoms with Crippen LogP contribution in [0.3, 0.4) is 0 Å². The molecule has 10 heteroatoms. The Morgan fingerprint density at radius 1 is 0.702 bits per heavy atom. The number of nitrogens with zero attached hydrogens (tertiary/aromatic N) is 2. The van der Waals surface area contributed by atoms with E-state index in [1.807, 2.05) is 42.5 Å². The van der Waals surface area contributed by atoms with E-state index < -0.39 is 6.29 Å². The molecule has 2 aliphatic heterocycles. The van der Waals surface area contributed by atoms with Gasteiger partial charge >= 0.3 is 0 Å². The second kappa shape index (κ2) is 19.7. The number of anilines is 2. The number of nitrogens with two attached hydrogens (primary N) is 1. The summed E-state index contributed by atoms with van der Waals surface area (Å²) in [6.45, 7) is 6.20. The molecule has 296 valence electrons. The van der Waals surface area contributed by atoms with Gasteiger partial charge in [0.05, 0.1) is 30.2 Å². The lowest BCUT2D eigenvalue weighted by Gasteiger charge is -2.40. The third kappa shape index (κ3) is 11.2. The van der Waals surface area contributed by atoms with E-state index in [9.17, 15) is 14.7 Å². The van der Waals surface area contributed by atoms with Gasteiger partial charge in [-0.25, -0.2) is 0 Å². The fourth-order valence-electron chi connectivity index (χ4n) is 7.58. The Labute approximate surface area is 335 Å². The first-order chi connectivity index (χ1) is 27.9. The van der Waals surface area contributed by atoms with E-state index in [1.54, 1.807) is 12.1 Å². The summed E-state index contributed by atoms with van der Waals surface area (Å²) in [5.41, 5.74) is 14.3. The zero-order chi connectivity index (χ0) is 39.4. The molecule has 2 fully saturated rings. The van der Waals surface area contributed by atoms with Crippen LogP contribution in [0, 0.1) is 0 Å². The van der Waals surface area contributed by atoms with Gasteiger partial charge in [-0.15, -0.1) is 0 Å². The van der Waals surface area contributed by atoms with Crippen molar-refractivity contribution >= 4 is 23.2 Å². The normalized spacial score (nSPS) is 18.9. The number of aliphatic hydroxyl groups is 1. The highest BCUT2D eigenvalue weighted by atomic mass is 16.7. The molecular formula is C47H53N5O5. The molecule has 0 radical (unpaired) electrons. The number of piperazine rings is 1. The SMILES string of the molecule is Nc1ccccc1NC(=O)CCCC(=O)NCc1ccccc1-c1ccc(C2OC(CN3CCN(Cc4ccccc4)CC3)CC(c3ccc(CO)cc3)O2)cc1. The van der Waals surface area contributed by atoms with Gasteiger partial charge in [0.2, 0.25) is 11.8 Å². The molecule has 0 bridgehead atoms. The molecule has 2 amide bonds. The summed E-state index contributed by atoms with van der Waals surface area (Å²) in [7, 11) is 0. The Bertz CT molecular complexity index is 2050. The molecule has 5 aromatic carbocycles. The molecule has 2 heterocycles. The van der Waals surface area contributed by atoms with Crippen LogP contribution in [0.4, 0.5) is 11.4 Å². The summed E-state index contributed by atoms with van der Waals surface area (Å²) in [4.78, 5) is 30.2. The fraction of sp³-hybridized carbons (Fsp3) is 0.319. The van der Waals surface area contributed by atoms with Crippen LogP contribution in [0.25, 0.3) is 11.1 Å². The maximum absolute atomic E-state index is 12.8. The number of para-hydroxylation sites is 2. The van der Waals surface area contributed by atoms with E-state index in [0.717, 1.165) is 79.1 Å². The Kier molecular flexibility index (Phi) is 13.8. The van der Waals surface area contributed by atoms with Crippen molar-refractivity contribution in [3.8, 4) is 11.1 Å². The molecule has 10 nitrogen and oxygen atoms in total. The maximum Gasteiger partial charge on any atom is 0.224 e. The highest BCUT2D eigenvalue weighted by molar-refractivity contribution is 5.94. The number of carbonyl (C=O) groups is 2. The molecule has 2 aliphatic rings. The number of hydrogen-bond acceptors (Lipinski definition) is 8. The zero-order valence-electron chi connectivity index (χ0n) is 32.4. The fourth-order valence-corrected chi connectivity index (χ4v) is 7.58. The summed E-state index contributed by atoms with van der Waals surface area (Å²) >= 11 is 0. The third-order valence-electron chi connectivity index (χ3n) is 10.8. The number of aliphatic hydroxyl groups excluding tert-OH is 1. The Hall–Kier alpha value is -5.36. The lowest BCUT2D eigenvalue weighted by atomic mass is 9.97. The molecular weight excluding hydrogens is 715 g/mol. The molecule has 3 atom stereocenters. The minimum Gasteiger partial charge on any atom is -0.397 e. The quantitative estimate of drug-likeness (QED) is 0.0823. The van der Waals surface area contributed by atoms with Crippen LogP contribution in [0.1, 0.15) is 65.9 Å². The van der Waals surface area contributed by atoms with Crippen molar-refractivity contribution in [1.82, 2.24) is 15.1 Å². The van der Waals surface area contributed by atoms with E-state index in [-0.39, 0.29) is 43.5 Å². The largest absolute Gasteiger partial charge is 0.397 e. The van der Waals surface area contributed by atoms with Crippen molar-refractivity contribution < 1.29 is 24.2 Å². The van der Waals surface area contributed by atoms with Gasteiger partial charge in [-0.3, -0.25) is 19.4 Å². The Morgan fingerprint density at radius 2 is 1.37 bits per heavy atom. The minimum atomic E-state index is -0.540. The van der Waals surface area contributed by atoms with Gasteiger partial charge in [-0.2, -0.15) is 0 Å². The number of nitrogen functional groups attached to an aromatic ring is 1. The summed E-state index contributed by atoms with van der Waals surface area (Å²) in [6, 6.07) is 42.2. The molecule has 2 saturated heterocycles. The molecule has 0 spiro atoms. The van der Waals surface area contributed by atoms with E-state index in [4.69, 9.17) is 15.2 Å². The predicted octanol–water partition coefficient (Wildman–Crippen LogP) is 7.22. The van der Waals surface area contributed by atoms with E-state index in [2.05, 4.69) is 93.2 Å². The van der Waals surface area contributed by atoms with E-state index in [0.29, 0.717) is 24.3 Å². The van der Waals surface area contributed by atoms with Crippen molar-refractivity contribution in [2.24, 2.45) is 0 Å². The maximum atomic E-state index is 12.8. The first-order valence-electron chi connectivity index (χ1n) is 20.0. The van der Waals surface area contributed by atoms with Crippen LogP contribution in [-0.4, -0.2) is 65.5 Å². The lowest BCUT2D eigenvalue weighted by molar-refractivity contribution is -0.253. The van der Waals surface area contributed by atoms with Crippen LogP contribution in [0.5, 0.6) is 0 Å². The number of rotatable bonds is 15. The summed E-state index contributed by atoms with van der Waals surface area (Å²) in [5, 5.41) is 15.5. The van der Waals surface area contributed by atoms with Crippen molar-refractivity contribution in [1.29, 1.82) is 0 Å². The van der Waals surface area contributed by atoms with Crippen molar-refractivity contribution in [2.45, 2.75) is 63.9 Å². The molecule has 5 N–H and O–H groups in total. The number of benzene rings is 5. The van der Waals surface area contributed by atoms with Crippen LogP contribution in [-0.2, 0) is 38.8 Å². The topological polar surface area (TPSA) is 129 Å².